The zero-order valence-corrected chi connectivity index (χ0v) is 34.1. The van der Waals surface area contributed by atoms with Crippen molar-refractivity contribution in [3.05, 3.63) is 100.0 Å². The third kappa shape index (κ3) is 9.14. The Hall–Kier alpha value is -5.31. The molecule has 316 valence electrons. The molecule has 1 N–H and O–H groups in total. The molecule has 11 nitrogen and oxygen atoms in total. The normalized spacial score (nSPS) is 21.0. The van der Waals surface area contributed by atoms with Gasteiger partial charge in [-0.05, 0) is 106 Å². The van der Waals surface area contributed by atoms with Crippen LogP contribution in [-0.2, 0) is 32.1 Å². The van der Waals surface area contributed by atoms with Crippen LogP contribution in [0.1, 0.15) is 66.1 Å². The first-order valence-corrected chi connectivity index (χ1v) is 20.1. The largest absolute Gasteiger partial charge is 0.497 e. The predicted octanol–water partition coefficient (Wildman–Crippen LogP) is 8.04. The molecule has 2 unspecified atom stereocenters. The molecule has 3 aliphatic rings. The standard InChI is InChI=1S/C44H52F4N6O5/c1-27-21-35-37(49-42(59-26-31-7-6-18-51(31)3)50-41(35)54-20-19-52(43(55)56)23-28(54)2)22-34(27)39-36(44(46,47)48)16-17-38(40(39)45)53(24-29-8-12-32(57-4)13-9-29)25-30-10-14-33(58-5)15-11-30/h8-17,27-28,31,34H,6-7,18-26H2,1-5H3,(H,55,56)/t27?,28-,31-,34?/m0/s1. The molecular formula is C44H52F4N6O5. The minimum atomic E-state index is -4.83. The second-order valence-corrected chi connectivity index (χ2v) is 16.0. The van der Waals surface area contributed by atoms with Crippen molar-refractivity contribution in [2.75, 3.05) is 63.9 Å². The average molecular weight is 821 g/mol. The molecule has 0 bridgehead atoms. The van der Waals surface area contributed by atoms with Gasteiger partial charge in [-0.3, -0.25) is 0 Å². The summed E-state index contributed by atoms with van der Waals surface area (Å²) in [5, 5.41) is 9.69. The van der Waals surface area contributed by atoms with E-state index < -0.39 is 35.5 Å². The van der Waals surface area contributed by atoms with Gasteiger partial charge in [-0.1, -0.05) is 31.2 Å². The van der Waals surface area contributed by atoms with Crippen LogP contribution in [0.4, 0.5) is 33.9 Å². The van der Waals surface area contributed by atoms with Crippen molar-refractivity contribution in [2.24, 2.45) is 5.92 Å². The third-order valence-electron chi connectivity index (χ3n) is 12.2. The molecule has 2 fully saturated rings. The van der Waals surface area contributed by atoms with E-state index in [0.29, 0.717) is 36.2 Å². The van der Waals surface area contributed by atoms with Crippen LogP contribution in [-0.4, -0.2) is 97.1 Å². The minimum Gasteiger partial charge on any atom is -0.497 e. The molecular weight excluding hydrogens is 769 g/mol. The van der Waals surface area contributed by atoms with Crippen LogP contribution in [0.3, 0.4) is 0 Å². The maximum Gasteiger partial charge on any atom is 0.416 e. The van der Waals surface area contributed by atoms with Crippen molar-refractivity contribution < 1.29 is 41.7 Å². The number of carbonyl (C=O) groups is 1. The smallest absolute Gasteiger partial charge is 0.416 e. The summed E-state index contributed by atoms with van der Waals surface area (Å²) < 4.78 is 79.6. The monoisotopic (exact) mass is 820 g/mol. The number of ether oxygens (including phenoxy) is 3. The van der Waals surface area contributed by atoms with Gasteiger partial charge in [0.25, 0.3) is 0 Å². The van der Waals surface area contributed by atoms with Crippen molar-refractivity contribution in [1.29, 1.82) is 0 Å². The lowest BCUT2D eigenvalue weighted by Gasteiger charge is -2.41. The van der Waals surface area contributed by atoms with E-state index in [1.165, 1.54) is 11.0 Å². The topological polar surface area (TPSA) is 104 Å². The average Bonchev–Trinajstić information content (AvgIpc) is 3.63. The lowest BCUT2D eigenvalue weighted by atomic mass is 9.73. The van der Waals surface area contributed by atoms with Gasteiger partial charge in [0.15, 0.2) is 5.82 Å². The van der Waals surface area contributed by atoms with Crippen molar-refractivity contribution in [3.8, 4) is 17.5 Å². The molecule has 1 amide bonds. The molecule has 1 aromatic heterocycles. The number of nitrogens with zero attached hydrogens (tertiary/aromatic N) is 6. The number of rotatable bonds is 12. The van der Waals surface area contributed by atoms with Gasteiger partial charge in [-0.2, -0.15) is 23.1 Å². The first kappa shape index (κ1) is 41.8. The van der Waals surface area contributed by atoms with Crippen LogP contribution in [0.2, 0.25) is 0 Å². The second-order valence-electron chi connectivity index (χ2n) is 16.0. The summed E-state index contributed by atoms with van der Waals surface area (Å²) >= 11 is 0. The Kier molecular flexibility index (Phi) is 12.4. The Balaban J connectivity index is 1.29. The van der Waals surface area contributed by atoms with E-state index in [2.05, 4.69) is 4.90 Å². The number of piperazine rings is 1. The third-order valence-corrected chi connectivity index (χ3v) is 12.2. The summed E-state index contributed by atoms with van der Waals surface area (Å²) in [7, 11) is 5.16. The van der Waals surface area contributed by atoms with E-state index in [1.54, 1.807) is 43.4 Å². The highest BCUT2D eigenvalue weighted by Gasteiger charge is 2.43. The van der Waals surface area contributed by atoms with E-state index in [-0.39, 0.29) is 68.4 Å². The van der Waals surface area contributed by atoms with Gasteiger partial charge in [0, 0.05) is 55.9 Å². The number of hydrogen-bond acceptors (Lipinski definition) is 9. The fourth-order valence-corrected chi connectivity index (χ4v) is 8.81. The Morgan fingerprint density at radius 3 is 2.08 bits per heavy atom. The first-order valence-electron chi connectivity index (χ1n) is 20.1. The Morgan fingerprint density at radius 2 is 1.54 bits per heavy atom. The van der Waals surface area contributed by atoms with E-state index in [0.717, 1.165) is 42.1 Å². The number of benzene rings is 3. The zero-order chi connectivity index (χ0) is 42.0. The highest BCUT2D eigenvalue weighted by molar-refractivity contribution is 5.66. The van der Waals surface area contributed by atoms with Crippen molar-refractivity contribution in [1.82, 2.24) is 19.8 Å². The molecule has 0 radical (unpaired) electrons. The summed E-state index contributed by atoms with van der Waals surface area (Å²) in [4.78, 5) is 28.9. The Morgan fingerprint density at radius 1 is 0.898 bits per heavy atom. The molecule has 7 rings (SSSR count). The number of carboxylic acid groups (broad SMARTS) is 1. The van der Waals surface area contributed by atoms with Gasteiger partial charge in [0.2, 0.25) is 0 Å². The van der Waals surface area contributed by atoms with E-state index in [1.807, 2.05) is 50.1 Å². The number of anilines is 2. The first-order chi connectivity index (χ1) is 28.2. The fourth-order valence-electron chi connectivity index (χ4n) is 8.81. The number of likely N-dealkylation sites (tertiary alicyclic amines) is 1. The zero-order valence-electron chi connectivity index (χ0n) is 34.1. The molecule has 3 heterocycles. The Bertz CT molecular complexity index is 2050. The number of aromatic nitrogens is 2. The van der Waals surface area contributed by atoms with Crippen LogP contribution in [0.25, 0.3) is 0 Å². The van der Waals surface area contributed by atoms with E-state index >= 15 is 17.6 Å². The molecule has 0 saturated carbocycles. The summed E-state index contributed by atoms with van der Waals surface area (Å²) in [6, 6.07) is 16.9. The van der Waals surface area contributed by atoms with Crippen LogP contribution in [0.15, 0.2) is 60.7 Å². The van der Waals surface area contributed by atoms with E-state index in [9.17, 15) is 9.90 Å². The summed E-state index contributed by atoms with van der Waals surface area (Å²) in [6.07, 6.45) is -3.53. The van der Waals surface area contributed by atoms with Gasteiger partial charge in [-0.25, -0.2) is 9.18 Å². The number of likely N-dealkylation sites (N-methyl/N-ethyl adjacent to an activating group) is 1. The van der Waals surface area contributed by atoms with Gasteiger partial charge in [0.1, 0.15) is 23.9 Å². The number of alkyl halides is 3. The molecule has 2 saturated heterocycles. The van der Waals surface area contributed by atoms with Crippen molar-refractivity contribution >= 4 is 17.6 Å². The van der Waals surface area contributed by atoms with Crippen LogP contribution in [0.5, 0.6) is 17.5 Å². The maximum absolute atomic E-state index is 17.5. The van der Waals surface area contributed by atoms with Crippen LogP contribution in [0, 0.1) is 11.7 Å². The number of amides is 1. The van der Waals surface area contributed by atoms with Gasteiger partial charge < -0.3 is 38.9 Å². The predicted molar refractivity (Wildman–Crippen MR) is 216 cm³/mol. The van der Waals surface area contributed by atoms with Crippen molar-refractivity contribution in [2.45, 2.75) is 76.8 Å². The Labute approximate surface area is 342 Å². The minimum absolute atomic E-state index is 0.0234. The van der Waals surface area contributed by atoms with Gasteiger partial charge in [0.05, 0.1) is 31.2 Å². The number of fused-ring (bicyclic) bond motifs is 1. The lowest BCUT2D eigenvalue weighted by Crippen LogP contribution is -2.54. The molecule has 4 aromatic rings. The number of hydrogen-bond donors (Lipinski definition) is 1. The van der Waals surface area contributed by atoms with E-state index in [4.69, 9.17) is 24.2 Å². The highest BCUT2D eigenvalue weighted by atomic mass is 19.4. The van der Waals surface area contributed by atoms with Crippen LogP contribution < -0.4 is 24.0 Å². The summed E-state index contributed by atoms with van der Waals surface area (Å²) in [5.41, 5.74) is 1.56. The quantitative estimate of drug-likeness (QED) is 0.141. The number of halogens is 4. The summed E-state index contributed by atoms with van der Waals surface area (Å²) in [6.45, 7) is 6.36. The SMILES string of the molecule is COc1ccc(CN(Cc2ccc(OC)cc2)c2ccc(C(F)(F)F)c(C3Cc4nc(OC[C@@H]5CCCN5C)nc(N5CCN(C(=O)O)C[C@@H]5C)c4CC3C)c2F)cc1. The molecule has 15 heteroatoms. The fraction of sp³-hybridized carbons (Fsp3) is 0.477. The highest BCUT2D eigenvalue weighted by Crippen LogP contribution is 2.47. The summed E-state index contributed by atoms with van der Waals surface area (Å²) in [5.74, 6) is -0.372. The lowest BCUT2D eigenvalue weighted by molar-refractivity contribution is -0.138. The molecule has 59 heavy (non-hydrogen) atoms. The second kappa shape index (κ2) is 17.5. The molecule has 2 aliphatic heterocycles. The van der Waals surface area contributed by atoms with Crippen LogP contribution >= 0.6 is 0 Å². The van der Waals surface area contributed by atoms with Gasteiger partial charge >= 0.3 is 18.3 Å². The van der Waals surface area contributed by atoms with Crippen molar-refractivity contribution in [3.63, 3.8) is 0 Å². The molecule has 3 aromatic carbocycles. The molecule has 0 spiro atoms. The number of methoxy groups -OCH3 is 2. The molecule has 1 aliphatic carbocycles. The maximum atomic E-state index is 17.5. The molecule has 4 atom stereocenters. The van der Waals surface area contributed by atoms with Gasteiger partial charge in [-0.15, -0.1) is 0 Å².